The third kappa shape index (κ3) is 10.0. The van der Waals surface area contributed by atoms with Crippen molar-refractivity contribution in [2.75, 3.05) is 5.32 Å². The predicted molar refractivity (Wildman–Crippen MR) is 180 cm³/mol. The maximum atomic E-state index is 13.8. The summed E-state index contributed by atoms with van der Waals surface area (Å²) in [4.78, 5) is 61.7. The molecule has 21 heteroatoms. The number of ether oxygens (including phenoxy) is 2. The second-order valence-corrected chi connectivity index (χ2v) is 16.1. The Morgan fingerprint density at radius 2 is 1.69 bits per heavy atom. The number of nitrogens with zero attached hydrogens (tertiary/aromatic N) is 7. The number of β-lactam (4-membered cyclic amide) rings is 1. The number of aryl methyl sites for hydroxylation is 1. The first kappa shape index (κ1) is 38.8. The van der Waals surface area contributed by atoms with Crippen LogP contribution in [-0.4, -0.2) is 95.7 Å². The minimum Gasteiger partial charge on any atom is -0.457 e. The summed E-state index contributed by atoms with van der Waals surface area (Å²) in [6.45, 7) is 12.4. The Hall–Kier alpha value is -5.02. The van der Waals surface area contributed by atoms with Gasteiger partial charge in [0.05, 0.1) is 18.8 Å². The number of pyridine rings is 1. The van der Waals surface area contributed by atoms with Gasteiger partial charge in [0.15, 0.2) is 23.2 Å². The van der Waals surface area contributed by atoms with E-state index in [2.05, 4.69) is 31.1 Å². The van der Waals surface area contributed by atoms with Gasteiger partial charge in [-0.15, -0.1) is 16.4 Å². The number of hydrogen-bond acceptors (Lipinski definition) is 14. The zero-order chi connectivity index (χ0) is 38.1. The van der Waals surface area contributed by atoms with E-state index in [-0.39, 0.29) is 21.7 Å². The van der Waals surface area contributed by atoms with Crippen molar-refractivity contribution in [1.82, 2.24) is 29.6 Å². The Morgan fingerprint density at radius 1 is 1.06 bits per heavy atom. The molecule has 1 aliphatic heterocycles. The van der Waals surface area contributed by atoms with Crippen molar-refractivity contribution in [3.8, 4) is 11.3 Å². The number of oxime groups is 1. The van der Waals surface area contributed by atoms with Gasteiger partial charge in [0.2, 0.25) is 5.60 Å². The minimum absolute atomic E-state index is 0.00968. The first-order chi connectivity index (χ1) is 23.4. The lowest BCUT2D eigenvalue weighted by molar-refractivity contribution is -0.671. The highest BCUT2D eigenvalue weighted by atomic mass is 32.2. The number of carbonyl (C=O) groups is 4. The zero-order valence-electron chi connectivity index (χ0n) is 29.4. The molecule has 1 saturated heterocycles. The maximum Gasteiger partial charge on any atom is 0.413 e. The molecule has 0 aliphatic carbocycles. The number of hydrogen-bond donors (Lipinski definition) is 3. The van der Waals surface area contributed by atoms with Gasteiger partial charge in [-0.3, -0.25) is 19.5 Å². The van der Waals surface area contributed by atoms with Crippen molar-refractivity contribution in [1.29, 1.82) is 0 Å². The average Bonchev–Trinajstić information content (AvgIpc) is 3.63. The molecule has 3 aromatic rings. The van der Waals surface area contributed by atoms with Crippen molar-refractivity contribution in [2.24, 2.45) is 12.2 Å². The average molecular weight is 751 g/mol. The molecule has 3 amide bonds. The van der Waals surface area contributed by atoms with E-state index in [4.69, 9.17) is 14.3 Å². The van der Waals surface area contributed by atoms with E-state index in [1.807, 2.05) is 11.6 Å². The maximum absolute atomic E-state index is 13.8. The molecule has 19 nitrogen and oxygen atoms in total. The summed E-state index contributed by atoms with van der Waals surface area (Å²) in [5.74, 6) is -3.02. The van der Waals surface area contributed by atoms with Crippen LogP contribution in [0, 0.1) is 0 Å². The molecule has 0 unspecified atom stereocenters. The molecule has 0 spiro atoms. The number of esters is 1. The zero-order valence-corrected chi connectivity index (χ0v) is 31.0. The van der Waals surface area contributed by atoms with E-state index < -0.39 is 68.8 Å². The minimum atomic E-state index is -5.05. The molecule has 4 heterocycles. The third-order valence-electron chi connectivity index (χ3n) is 6.72. The monoisotopic (exact) mass is 750 g/mol. The lowest BCUT2D eigenvalue weighted by Crippen LogP contribution is -2.73. The topological polar surface area (TPSA) is 237 Å². The Labute approximate surface area is 297 Å². The van der Waals surface area contributed by atoms with E-state index in [0.717, 1.165) is 11.3 Å². The van der Waals surface area contributed by atoms with E-state index in [1.165, 1.54) is 30.1 Å². The standard InChI is InChI=1S/C30H39N9O10S2/c1-28(2,3)47-25(42)30(7,8)49-35-21(19-16-50-26(31-19)33-27(43)48-29(4,5)6)23(40)32-22-20(39(24(22)41)51(44,45)46)15-38-14-18(34-36-38)17-10-12-37(9)13-11-17/h10-14,16,20,22H,15H2,1-9H3,(H2-,31,32,33,40,43,44,45,46)/p+1/b35-21+/t20-,22+/m1/s1. The van der Waals surface area contributed by atoms with E-state index in [9.17, 15) is 32.1 Å². The molecule has 276 valence electrons. The van der Waals surface area contributed by atoms with Crippen LogP contribution in [0.1, 0.15) is 61.1 Å². The first-order valence-electron chi connectivity index (χ1n) is 15.4. The number of anilines is 1. The van der Waals surface area contributed by atoms with Crippen LogP contribution in [0.4, 0.5) is 9.93 Å². The molecule has 51 heavy (non-hydrogen) atoms. The Balaban J connectivity index is 1.62. The lowest BCUT2D eigenvalue weighted by atomic mass is 9.98. The lowest BCUT2D eigenvalue weighted by Gasteiger charge is -2.43. The highest BCUT2D eigenvalue weighted by Gasteiger charge is 2.54. The molecule has 4 rings (SSSR count). The fourth-order valence-electron chi connectivity index (χ4n) is 4.37. The number of carbonyl (C=O) groups excluding carboxylic acids is 4. The van der Waals surface area contributed by atoms with Crippen LogP contribution in [0.25, 0.3) is 11.3 Å². The Morgan fingerprint density at radius 3 is 2.27 bits per heavy atom. The summed E-state index contributed by atoms with van der Waals surface area (Å²) in [5.41, 5.74) is -2.94. The van der Waals surface area contributed by atoms with Gasteiger partial charge >= 0.3 is 22.4 Å². The van der Waals surface area contributed by atoms with Crippen LogP contribution in [0.5, 0.6) is 0 Å². The number of nitrogens with one attached hydrogen (secondary N) is 2. The van der Waals surface area contributed by atoms with Gasteiger partial charge in [0, 0.05) is 23.1 Å². The molecule has 0 saturated carbocycles. The summed E-state index contributed by atoms with van der Waals surface area (Å²) in [6, 6.07) is 0.716. The van der Waals surface area contributed by atoms with Crippen molar-refractivity contribution in [3.63, 3.8) is 0 Å². The number of aromatic nitrogens is 5. The van der Waals surface area contributed by atoms with Gasteiger partial charge in [0.25, 0.3) is 11.8 Å². The van der Waals surface area contributed by atoms with E-state index >= 15 is 0 Å². The van der Waals surface area contributed by atoms with Crippen LogP contribution in [0.2, 0.25) is 0 Å². The molecular weight excluding hydrogens is 711 g/mol. The number of amides is 3. The first-order valence-corrected chi connectivity index (χ1v) is 17.6. The Bertz CT molecular complexity index is 1940. The fourth-order valence-corrected chi connectivity index (χ4v) is 5.92. The summed E-state index contributed by atoms with van der Waals surface area (Å²) in [7, 11) is -3.21. The SMILES string of the molecule is C[n+]1ccc(-c2cn(C[C@@H]3[C@H](NC(=O)/C(=N/OC(C)(C)C(=O)OC(C)(C)C)c4csc(NC(=O)OC(C)(C)C)n4)C(=O)N3S(=O)(=O)O)nn2)cc1. The summed E-state index contributed by atoms with van der Waals surface area (Å²) in [5, 5.41) is 18.2. The highest BCUT2D eigenvalue weighted by molar-refractivity contribution is 7.84. The van der Waals surface area contributed by atoms with Crippen molar-refractivity contribution in [3.05, 3.63) is 41.8 Å². The van der Waals surface area contributed by atoms with Gasteiger partial charge in [-0.2, -0.15) is 8.42 Å². The van der Waals surface area contributed by atoms with Crippen LogP contribution in [0.3, 0.4) is 0 Å². The number of thiazole rings is 1. The summed E-state index contributed by atoms with van der Waals surface area (Å²) >= 11 is 0.905. The van der Waals surface area contributed by atoms with Gasteiger partial charge in [0.1, 0.15) is 35.7 Å². The summed E-state index contributed by atoms with van der Waals surface area (Å²) < 4.78 is 48.1. The van der Waals surface area contributed by atoms with Crippen molar-refractivity contribution in [2.45, 2.75) is 90.8 Å². The smallest absolute Gasteiger partial charge is 0.413 e. The molecule has 0 bridgehead atoms. The molecular formula is C30H40N9O10S2+. The van der Waals surface area contributed by atoms with E-state index in [1.54, 1.807) is 66.1 Å². The second-order valence-electron chi connectivity index (χ2n) is 13.9. The Kier molecular flexibility index (Phi) is 10.9. The molecule has 2 atom stereocenters. The van der Waals surface area contributed by atoms with Crippen LogP contribution in [-0.2, 0) is 52.6 Å². The number of rotatable bonds is 11. The van der Waals surface area contributed by atoms with Gasteiger partial charge in [-0.25, -0.2) is 28.1 Å². The largest absolute Gasteiger partial charge is 0.457 e. The predicted octanol–water partition coefficient (Wildman–Crippen LogP) is 1.61. The van der Waals surface area contributed by atoms with Gasteiger partial charge in [-0.1, -0.05) is 10.4 Å². The van der Waals surface area contributed by atoms with Crippen molar-refractivity contribution < 1.29 is 51.0 Å². The van der Waals surface area contributed by atoms with Gasteiger partial charge < -0.3 is 19.6 Å². The second kappa shape index (κ2) is 14.3. The normalized spacial score (nSPS) is 17.0. The quantitative estimate of drug-likeness (QED) is 0.0632. The van der Waals surface area contributed by atoms with E-state index in [0.29, 0.717) is 11.3 Å². The van der Waals surface area contributed by atoms with Crippen LogP contribution in [0.15, 0.2) is 41.3 Å². The molecule has 0 radical (unpaired) electrons. The summed E-state index contributed by atoms with van der Waals surface area (Å²) in [6.07, 6.45) is 4.27. The molecule has 3 N–H and O–H groups in total. The van der Waals surface area contributed by atoms with Crippen molar-refractivity contribution >= 4 is 56.4 Å². The molecule has 1 aliphatic rings. The fraction of sp³-hybridized carbons (Fsp3) is 0.500. The third-order valence-corrected chi connectivity index (χ3v) is 8.42. The molecule has 3 aromatic heterocycles. The highest BCUT2D eigenvalue weighted by Crippen LogP contribution is 2.27. The van der Waals surface area contributed by atoms with Crippen LogP contribution >= 0.6 is 11.3 Å². The van der Waals surface area contributed by atoms with Gasteiger partial charge in [-0.05, 0) is 55.4 Å². The van der Waals surface area contributed by atoms with Crippen LogP contribution < -0.4 is 15.2 Å². The molecule has 1 fully saturated rings. The molecule has 0 aromatic carbocycles.